The molecule has 4 N–H and O–H groups in total. The number of rotatable bonds is 4. The molecule has 0 bridgehead atoms. The van der Waals surface area contributed by atoms with Crippen molar-refractivity contribution in [1.82, 2.24) is 15.0 Å². The molecule has 34 heavy (non-hydrogen) atoms. The van der Waals surface area contributed by atoms with Gasteiger partial charge in [0, 0.05) is 12.4 Å². The number of hydrogen-bond acceptors (Lipinski definition) is 9. The predicted molar refractivity (Wildman–Crippen MR) is 124 cm³/mol. The van der Waals surface area contributed by atoms with Gasteiger partial charge in [-0.25, -0.2) is 15.0 Å². The van der Waals surface area contributed by atoms with Gasteiger partial charge >= 0.3 is 0 Å². The molecule has 0 atom stereocenters. The van der Waals surface area contributed by atoms with Crippen LogP contribution in [0.15, 0.2) is 67.0 Å². The first-order valence-corrected chi connectivity index (χ1v) is 12.7. The minimum atomic E-state index is -3.67. The van der Waals surface area contributed by atoms with Crippen LogP contribution in [0.4, 0.5) is 11.6 Å². The zero-order valence-corrected chi connectivity index (χ0v) is 19.5. The lowest BCUT2D eigenvalue weighted by Crippen LogP contribution is -2.19. The van der Waals surface area contributed by atoms with Gasteiger partial charge in [-0.3, -0.25) is 18.7 Å². The lowest BCUT2D eigenvalue weighted by Gasteiger charge is -2.06. The molecule has 2 amide bonds. The van der Waals surface area contributed by atoms with Crippen molar-refractivity contribution < 1.29 is 35.5 Å². The van der Waals surface area contributed by atoms with E-state index in [2.05, 4.69) is 25.6 Å². The number of anilines is 2. The van der Waals surface area contributed by atoms with Crippen LogP contribution >= 0.6 is 0 Å². The average Bonchev–Trinajstić information content (AvgIpc) is 2.73. The quantitative estimate of drug-likeness (QED) is 0.368. The zero-order chi connectivity index (χ0) is 25.8. The van der Waals surface area contributed by atoms with E-state index in [-0.39, 0.29) is 11.4 Å². The SMILES string of the molecule is CS(=O)(=O)O.CS(=O)(=O)O.O=C(Nc1ccccn1)c1cccc(C(=O)Nc2ccccn2)n1. The Morgan fingerprint density at radius 2 is 1.03 bits per heavy atom. The molecule has 3 aromatic heterocycles. The van der Waals surface area contributed by atoms with Crippen LogP contribution in [-0.4, -0.2) is 65.2 Å². The molecule has 3 aromatic rings. The summed E-state index contributed by atoms with van der Waals surface area (Å²) in [7, 11) is -7.33. The molecule has 0 fully saturated rings. The molecular formula is C19H21N5O8S2. The second kappa shape index (κ2) is 13.0. The Morgan fingerprint density at radius 1 is 0.676 bits per heavy atom. The summed E-state index contributed by atoms with van der Waals surface area (Å²) in [6.07, 6.45) is 4.57. The Hall–Kier alpha value is -3.79. The Bertz CT molecular complexity index is 1190. The van der Waals surface area contributed by atoms with Gasteiger partial charge in [0.25, 0.3) is 32.1 Å². The Morgan fingerprint density at radius 3 is 1.32 bits per heavy atom. The first-order chi connectivity index (χ1) is 15.7. The fourth-order valence-electron chi connectivity index (χ4n) is 1.92. The molecule has 3 rings (SSSR count). The van der Waals surface area contributed by atoms with Gasteiger partial charge in [0.1, 0.15) is 23.0 Å². The third-order valence-electron chi connectivity index (χ3n) is 3.03. The summed E-state index contributed by atoms with van der Waals surface area (Å²) >= 11 is 0. The highest BCUT2D eigenvalue weighted by molar-refractivity contribution is 7.85. The number of pyridine rings is 3. The van der Waals surface area contributed by atoms with Crippen LogP contribution in [0.3, 0.4) is 0 Å². The molecule has 0 saturated heterocycles. The van der Waals surface area contributed by atoms with E-state index in [1.807, 2.05) is 0 Å². The highest BCUT2D eigenvalue weighted by Crippen LogP contribution is 2.07. The summed E-state index contributed by atoms with van der Waals surface area (Å²) in [6, 6.07) is 15.0. The van der Waals surface area contributed by atoms with E-state index in [0.29, 0.717) is 24.1 Å². The number of aromatic nitrogens is 3. The molecule has 0 aromatic carbocycles. The fraction of sp³-hybridized carbons (Fsp3) is 0.105. The van der Waals surface area contributed by atoms with Crippen LogP contribution in [-0.2, 0) is 20.2 Å². The van der Waals surface area contributed by atoms with E-state index in [1.54, 1.807) is 54.9 Å². The van der Waals surface area contributed by atoms with Crippen LogP contribution < -0.4 is 10.6 Å². The van der Waals surface area contributed by atoms with Gasteiger partial charge in [-0.05, 0) is 36.4 Å². The maximum Gasteiger partial charge on any atom is 0.275 e. The van der Waals surface area contributed by atoms with Crippen molar-refractivity contribution in [3.63, 3.8) is 0 Å². The second-order valence-corrected chi connectivity index (χ2v) is 9.14. The van der Waals surface area contributed by atoms with Crippen molar-refractivity contribution in [2.45, 2.75) is 0 Å². The number of carbonyl (C=O) groups is 2. The van der Waals surface area contributed by atoms with E-state index in [0.717, 1.165) is 0 Å². The molecule has 3 heterocycles. The van der Waals surface area contributed by atoms with Gasteiger partial charge in [0.15, 0.2) is 0 Å². The highest BCUT2D eigenvalue weighted by atomic mass is 32.2. The van der Waals surface area contributed by atoms with E-state index in [4.69, 9.17) is 9.11 Å². The molecule has 182 valence electrons. The third-order valence-corrected chi connectivity index (χ3v) is 3.03. The summed E-state index contributed by atoms with van der Waals surface area (Å²) in [5.41, 5.74) is 0.239. The molecule has 15 heteroatoms. The van der Waals surface area contributed by atoms with Crippen LogP contribution in [0.1, 0.15) is 21.0 Å². The monoisotopic (exact) mass is 511 g/mol. The van der Waals surface area contributed by atoms with Gasteiger partial charge in [-0.1, -0.05) is 18.2 Å². The molecule has 0 spiro atoms. The number of hydrogen-bond donors (Lipinski definition) is 4. The Labute approximate surface area is 195 Å². The topological polar surface area (TPSA) is 206 Å². The van der Waals surface area contributed by atoms with Gasteiger partial charge in [-0.2, -0.15) is 16.8 Å². The van der Waals surface area contributed by atoms with Gasteiger partial charge < -0.3 is 10.6 Å². The Kier molecular flexibility index (Phi) is 10.8. The van der Waals surface area contributed by atoms with E-state index >= 15 is 0 Å². The predicted octanol–water partition coefficient (Wildman–Crippen LogP) is 1.38. The van der Waals surface area contributed by atoms with E-state index in [9.17, 15) is 26.4 Å². The standard InChI is InChI=1S/C17H13N5O2.2CH4O3S/c23-16(21-14-8-1-3-10-18-14)12-6-5-7-13(20-12)17(24)22-15-9-2-4-11-19-15;2*1-5(2,3)4/h1-11H,(H,18,21,23)(H,19,22,24);2*1H3,(H,2,3,4). The molecule has 0 aliphatic carbocycles. The fourth-order valence-corrected chi connectivity index (χ4v) is 1.92. The Balaban J connectivity index is 0.000000489. The van der Waals surface area contributed by atoms with Crippen molar-refractivity contribution in [3.8, 4) is 0 Å². The molecule has 0 saturated carbocycles. The van der Waals surface area contributed by atoms with Crippen molar-refractivity contribution in [2.75, 3.05) is 23.1 Å². The number of nitrogens with zero attached hydrogens (tertiary/aromatic N) is 3. The first-order valence-electron chi connectivity index (χ1n) is 8.99. The highest BCUT2D eigenvalue weighted by Gasteiger charge is 2.13. The van der Waals surface area contributed by atoms with Crippen molar-refractivity contribution in [3.05, 3.63) is 78.4 Å². The van der Waals surface area contributed by atoms with Crippen LogP contribution in [0, 0.1) is 0 Å². The maximum atomic E-state index is 12.2. The number of nitrogens with one attached hydrogen (secondary N) is 2. The third kappa shape index (κ3) is 14.3. The van der Waals surface area contributed by atoms with Gasteiger partial charge in [-0.15, -0.1) is 0 Å². The van der Waals surface area contributed by atoms with Crippen LogP contribution in [0.5, 0.6) is 0 Å². The molecule has 0 unspecified atom stereocenters. The molecule has 13 nitrogen and oxygen atoms in total. The van der Waals surface area contributed by atoms with Crippen molar-refractivity contribution in [2.24, 2.45) is 0 Å². The summed E-state index contributed by atoms with van der Waals surface area (Å²) in [4.78, 5) is 36.5. The van der Waals surface area contributed by atoms with Gasteiger partial charge in [0.05, 0.1) is 12.5 Å². The second-order valence-electron chi connectivity index (χ2n) is 6.21. The van der Waals surface area contributed by atoms with Gasteiger partial charge in [0.2, 0.25) is 0 Å². The number of carbonyl (C=O) groups excluding carboxylic acids is 2. The zero-order valence-electron chi connectivity index (χ0n) is 17.9. The largest absolute Gasteiger partial charge is 0.305 e. The summed E-state index contributed by atoms with van der Waals surface area (Å²) in [5.74, 6) is -0.0670. The molecule has 0 aliphatic rings. The maximum absolute atomic E-state index is 12.2. The smallest absolute Gasteiger partial charge is 0.275 e. The minimum Gasteiger partial charge on any atom is -0.305 e. The average molecular weight is 512 g/mol. The van der Waals surface area contributed by atoms with E-state index < -0.39 is 32.1 Å². The molecule has 0 radical (unpaired) electrons. The summed E-state index contributed by atoms with van der Waals surface area (Å²) < 4.78 is 51.7. The lowest BCUT2D eigenvalue weighted by atomic mass is 10.2. The van der Waals surface area contributed by atoms with E-state index in [1.165, 1.54) is 12.1 Å². The van der Waals surface area contributed by atoms with Crippen LogP contribution in [0.2, 0.25) is 0 Å². The molecule has 0 aliphatic heterocycles. The number of amides is 2. The van der Waals surface area contributed by atoms with Crippen molar-refractivity contribution in [1.29, 1.82) is 0 Å². The normalized spacial score (nSPS) is 10.5. The van der Waals surface area contributed by atoms with Crippen molar-refractivity contribution >= 4 is 43.7 Å². The van der Waals surface area contributed by atoms with Crippen LogP contribution in [0.25, 0.3) is 0 Å². The lowest BCUT2D eigenvalue weighted by molar-refractivity contribution is 0.101. The molecular weight excluding hydrogens is 490 g/mol. The summed E-state index contributed by atoms with van der Waals surface area (Å²) in [5, 5.41) is 5.23. The first kappa shape index (κ1) is 28.2. The summed E-state index contributed by atoms with van der Waals surface area (Å²) in [6.45, 7) is 0. The minimum absolute atomic E-state index is 0.120.